The van der Waals surface area contributed by atoms with Crippen molar-refractivity contribution < 1.29 is 27.5 Å². The minimum absolute atomic E-state index is 0.0403. The number of hydrogen-bond acceptors (Lipinski definition) is 7. The van der Waals surface area contributed by atoms with Crippen molar-refractivity contribution in [1.82, 2.24) is 9.21 Å². The standard InChI is InChI=1S/C22H25N3O6S2/c1-13(26)25-11-10-17-18(12-25)32-21(19(17)22(28)31-3)23-20(27)14-4-8-16(9-5-14)33(29,30)24(2)15-6-7-15/h4-5,8-9,15H,6-7,10-12H2,1-3H3,(H,23,27). The molecule has 4 rings (SSSR count). The number of fused-ring (bicyclic) bond motifs is 1. The van der Waals surface area contributed by atoms with Crippen molar-refractivity contribution in [3.05, 3.63) is 45.8 Å². The molecule has 2 heterocycles. The quantitative estimate of drug-likeness (QED) is 0.621. The summed E-state index contributed by atoms with van der Waals surface area (Å²) in [4.78, 5) is 39.8. The topological polar surface area (TPSA) is 113 Å². The lowest BCUT2D eigenvalue weighted by Crippen LogP contribution is -2.33. The Hall–Kier alpha value is -2.76. The van der Waals surface area contributed by atoms with Crippen molar-refractivity contribution in [2.45, 2.75) is 43.7 Å². The Balaban J connectivity index is 1.57. The average Bonchev–Trinajstić information content (AvgIpc) is 3.58. The molecule has 2 aliphatic rings. The summed E-state index contributed by atoms with van der Waals surface area (Å²) in [6.45, 7) is 2.35. The van der Waals surface area contributed by atoms with Crippen LogP contribution in [0.5, 0.6) is 0 Å². The Morgan fingerprint density at radius 1 is 1.18 bits per heavy atom. The van der Waals surface area contributed by atoms with Gasteiger partial charge in [-0.1, -0.05) is 0 Å². The first-order valence-corrected chi connectivity index (χ1v) is 12.8. The van der Waals surface area contributed by atoms with Crippen molar-refractivity contribution in [2.75, 3.05) is 26.0 Å². The second-order valence-electron chi connectivity index (χ2n) is 8.12. The summed E-state index contributed by atoms with van der Waals surface area (Å²) in [6.07, 6.45) is 2.20. The van der Waals surface area contributed by atoms with Crippen LogP contribution in [0.2, 0.25) is 0 Å². The van der Waals surface area contributed by atoms with E-state index in [9.17, 15) is 22.8 Å². The fourth-order valence-electron chi connectivity index (χ4n) is 3.83. The van der Waals surface area contributed by atoms with E-state index in [0.717, 1.165) is 23.3 Å². The number of sulfonamides is 1. The van der Waals surface area contributed by atoms with Crippen LogP contribution in [0.15, 0.2) is 29.2 Å². The zero-order valence-corrected chi connectivity index (χ0v) is 20.2. The number of methoxy groups -OCH3 is 1. The average molecular weight is 492 g/mol. The van der Waals surface area contributed by atoms with Crippen molar-refractivity contribution in [2.24, 2.45) is 0 Å². The van der Waals surface area contributed by atoms with Crippen LogP contribution in [-0.2, 0) is 32.5 Å². The molecule has 11 heteroatoms. The summed E-state index contributed by atoms with van der Waals surface area (Å²) in [5.41, 5.74) is 1.35. The van der Waals surface area contributed by atoms with Gasteiger partial charge in [0, 0.05) is 37.0 Å². The first kappa shape index (κ1) is 23.4. The molecule has 0 bridgehead atoms. The fourth-order valence-corrected chi connectivity index (χ4v) is 6.49. The number of anilines is 1. The maximum absolute atomic E-state index is 12.9. The van der Waals surface area contributed by atoms with Gasteiger partial charge in [-0.15, -0.1) is 11.3 Å². The summed E-state index contributed by atoms with van der Waals surface area (Å²) >= 11 is 1.24. The number of rotatable bonds is 6. The first-order valence-electron chi connectivity index (χ1n) is 10.5. The number of hydrogen-bond donors (Lipinski definition) is 1. The summed E-state index contributed by atoms with van der Waals surface area (Å²) in [5, 5.41) is 3.12. The third kappa shape index (κ3) is 4.53. The lowest BCUT2D eigenvalue weighted by molar-refractivity contribution is -0.129. The zero-order chi connectivity index (χ0) is 23.9. The minimum atomic E-state index is -3.60. The van der Waals surface area contributed by atoms with E-state index < -0.39 is 21.9 Å². The molecule has 2 aromatic rings. The number of benzene rings is 1. The van der Waals surface area contributed by atoms with Gasteiger partial charge in [-0.25, -0.2) is 13.2 Å². The fraction of sp³-hybridized carbons (Fsp3) is 0.409. The van der Waals surface area contributed by atoms with Gasteiger partial charge >= 0.3 is 5.97 Å². The van der Waals surface area contributed by atoms with Crippen molar-refractivity contribution in [1.29, 1.82) is 0 Å². The Bertz CT molecular complexity index is 1220. The van der Waals surface area contributed by atoms with Gasteiger partial charge in [-0.05, 0) is 49.1 Å². The Labute approximate surface area is 196 Å². The van der Waals surface area contributed by atoms with E-state index in [1.165, 1.54) is 53.9 Å². The molecule has 1 aromatic carbocycles. The number of esters is 1. The molecule has 33 heavy (non-hydrogen) atoms. The van der Waals surface area contributed by atoms with E-state index in [2.05, 4.69) is 5.32 Å². The number of carbonyl (C=O) groups is 3. The molecule has 1 saturated carbocycles. The van der Waals surface area contributed by atoms with Crippen LogP contribution in [-0.4, -0.2) is 62.2 Å². The maximum Gasteiger partial charge on any atom is 0.341 e. The Morgan fingerprint density at radius 3 is 2.42 bits per heavy atom. The number of nitrogens with one attached hydrogen (secondary N) is 1. The van der Waals surface area contributed by atoms with E-state index in [-0.39, 0.29) is 22.4 Å². The second-order valence-corrected chi connectivity index (χ2v) is 11.2. The number of amides is 2. The van der Waals surface area contributed by atoms with Crippen LogP contribution in [0.4, 0.5) is 5.00 Å². The molecule has 1 N–H and O–H groups in total. The molecule has 1 aliphatic carbocycles. The van der Waals surface area contributed by atoms with Gasteiger partial charge in [-0.3, -0.25) is 9.59 Å². The van der Waals surface area contributed by atoms with Gasteiger partial charge in [0.1, 0.15) is 5.00 Å². The highest BCUT2D eigenvalue weighted by Gasteiger charge is 2.35. The molecule has 0 unspecified atom stereocenters. The maximum atomic E-state index is 12.9. The van der Waals surface area contributed by atoms with Crippen LogP contribution in [0.3, 0.4) is 0 Å². The Kier molecular flexibility index (Phi) is 6.30. The van der Waals surface area contributed by atoms with E-state index >= 15 is 0 Å². The van der Waals surface area contributed by atoms with Crippen LogP contribution < -0.4 is 5.32 Å². The number of ether oxygens (including phenoxy) is 1. The molecule has 0 spiro atoms. The predicted molar refractivity (Wildman–Crippen MR) is 123 cm³/mol. The van der Waals surface area contributed by atoms with Crippen molar-refractivity contribution >= 4 is 44.1 Å². The monoisotopic (exact) mass is 491 g/mol. The second kappa shape index (κ2) is 8.88. The summed E-state index contributed by atoms with van der Waals surface area (Å²) in [7, 11) is -0.761. The molecule has 2 amide bonds. The molecule has 1 aromatic heterocycles. The van der Waals surface area contributed by atoms with Gasteiger partial charge in [0.15, 0.2) is 0 Å². The highest BCUT2D eigenvalue weighted by Crippen LogP contribution is 2.38. The lowest BCUT2D eigenvalue weighted by Gasteiger charge is -2.25. The normalized spacial score (nSPS) is 15.8. The van der Waals surface area contributed by atoms with Gasteiger partial charge in [0.2, 0.25) is 15.9 Å². The first-order chi connectivity index (χ1) is 15.6. The molecule has 0 radical (unpaired) electrons. The van der Waals surface area contributed by atoms with E-state index in [0.29, 0.717) is 30.1 Å². The molecular weight excluding hydrogens is 466 g/mol. The number of carbonyl (C=O) groups excluding carboxylic acids is 3. The van der Waals surface area contributed by atoms with Crippen molar-refractivity contribution in [3.8, 4) is 0 Å². The predicted octanol–water partition coefficient (Wildman–Crippen LogP) is 2.47. The van der Waals surface area contributed by atoms with Gasteiger partial charge in [0.05, 0.1) is 24.1 Å². The molecule has 9 nitrogen and oxygen atoms in total. The molecule has 0 atom stereocenters. The SMILES string of the molecule is COC(=O)c1c(NC(=O)c2ccc(S(=O)(=O)N(C)C3CC3)cc2)sc2c1CCN(C(C)=O)C2. The van der Waals surface area contributed by atoms with Gasteiger partial charge in [-0.2, -0.15) is 4.31 Å². The largest absolute Gasteiger partial charge is 0.465 e. The summed E-state index contributed by atoms with van der Waals surface area (Å²) in [6, 6.07) is 5.76. The van der Waals surface area contributed by atoms with Gasteiger partial charge < -0.3 is 15.0 Å². The summed E-state index contributed by atoms with van der Waals surface area (Å²) < 4.78 is 31.6. The number of thiophene rings is 1. The highest BCUT2D eigenvalue weighted by atomic mass is 32.2. The third-order valence-corrected chi connectivity index (χ3v) is 9.03. The van der Waals surface area contributed by atoms with Crippen LogP contribution in [0.25, 0.3) is 0 Å². The molecule has 176 valence electrons. The van der Waals surface area contributed by atoms with Crippen LogP contribution in [0, 0.1) is 0 Å². The van der Waals surface area contributed by atoms with E-state index in [1.807, 2.05) is 0 Å². The van der Waals surface area contributed by atoms with E-state index in [1.54, 1.807) is 11.9 Å². The zero-order valence-electron chi connectivity index (χ0n) is 18.6. The van der Waals surface area contributed by atoms with E-state index in [4.69, 9.17) is 4.74 Å². The molecular formula is C22H25N3O6S2. The van der Waals surface area contributed by atoms with Crippen molar-refractivity contribution in [3.63, 3.8) is 0 Å². The summed E-state index contributed by atoms with van der Waals surface area (Å²) in [5.74, 6) is -1.08. The minimum Gasteiger partial charge on any atom is -0.465 e. The van der Waals surface area contributed by atoms with Crippen LogP contribution >= 0.6 is 11.3 Å². The smallest absolute Gasteiger partial charge is 0.341 e. The Morgan fingerprint density at radius 2 is 1.85 bits per heavy atom. The molecule has 0 saturated heterocycles. The molecule has 1 fully saturated rings. The third-order valence-electron chi connectivity index (χ3n) is 5.97. The van der Waals surface area contributed by atoms with Crippen LogP contribution in [0.1, 0.15) is 50.9 Å². The molecule has 1 aliphatic heterocycles. The highest BCUT2D eigenvalue weighted by molar-refractivity contribution is 7.89. The number of nitrogens with zero attached hydrogens (tertiary/aromatic N) is 2. The lowest BCUT2D eigenvalue weighted by atomic mass is 10.0. The van der Waals surface area contributed by atoms with Gasteiger partial charge in [0.25, 0.3) is 5.91 Å².